The molecule has 4 heterocycles. The van der Waals surface area contributed by atoms with E-state index >= 15 is 0 Å². The van der Waals surface area contributed by atoms with Crippen LogP contribution in [0.1, 0.15) is 112 Å². The van der Waals surface area contributed by atoms with Gasteiger partial charge in [-0.1, -0.05) is 68.7 Å². The van der Waals surface area contributed by atoms with Crippen molar-refractivity contribution < 1.29 is 62.4 Å². The van der Waals surface area contributed by atoms with Crippen LogP contribution in [-0.4, -0.2) is 133 Å². The number of amides is 1. The lowest BCUT2D eigenvalue weighted by molar-refractivity contribution is -0.266. The van der Waals surface area contributed by atoms with Crippen LogP contribution in [0.5, 0.6) is 0 Å². The van der Waals surface area contributed by atoms with Gasteiger partial charge in [0.05, 0.1) is 23.6 Å². The van der Waals surface area contributed by atoms with E-state index in [1.165, 1.54) is 23.4 Å². The van der Waals surface area contributed by atoms with Gasteiger partial charge in [0.15, 0.2) is 5.78 Å². The Balaban J connectivity index is 1.51. The molecule has 5 aliphatic rings. The topological polar surface area (TPSA) is 192 Å². The Morgan fingerprint density at radius 2 is 1.63 bits per heavy atom. The van der Waals surface area contributed by atoms with Crippen LogP contribution in [0.15, 0.2) is 47.6 Å². The number of methoxy groups -OCH3 is 3. The highest BCUT2D eigenvalue weighted by atomic mass is 32.7. The number of hydrogen-bond donors (Lipinski definition) is 2. The van der Waals surface area contributed by atoms with E-state index in [1.54, 1.807) is 47.7 Å². The molecular weight excluding hydrogens is 898 g/mol. The average Bonchev–Trinajstić information content (AvgIpc) is 3.29. The van der Waals surface area contributed by atoms with E-state index in [0.29, 0.717) is 56.9 Å². The van der Waals surface area contributed by atoms with E-state index < -0.39 is 90.7 Å². The molecule has 0 spiro atoms. The lowest BCUT2D eigenvalue weighted by Crippen LogP contribution is -2.65. The van der Waals surface area contributed by atoms with Gasteiger partial charge in [0.25, 0.3) is 11.7 Å². The van der Waals surface area contributed by atoms with Crippen LogP contribution >= 0.6 is 18.4 Å². The number of hydrogen-bond acceptors (Lipinski definition) is 14. The van der Waals surface area contributed by atoms with Gasteiger partial charge >= 0.3 is 13.0 Å². The minimum Gasteiger partial charge on any atom is -0.460 e. The van der Waals surface area contributed by atoms with Crippen LogP contribution in [0, 0.1) is 41.4 Å². The first-order valence-electron chi connectivity index (χ1n) is 24.3. The predicted octanol–water partition coefficient (Wildman–Crippen LogP) is 7.51. The Hall–Kier alpha value is -2.88. The highest BCUT2D eigenvalue weighted by Crippen LogP contribution is 2.49. The molecule has 0 aromatic carbocycles. The van der Waals surface area contributed by atoms with Crippen molar-refractivity contribution in [1.82, 2.24) is 4.90 Å². The molecule has 0 aromatic rings. The number of piperidine rings is 1. The number of Topliss-reactive ketones (excluding diaryl/α,β-unsaturated/α-hetero) is 3. The van der Waals surface area contributed by atoms with E-state index in [0.717, 1.165) is 18.4 Å². The summed E-state index contributed by atoms with van der Waals surface area (Å²) >= 11 is 1.43. The zero-order valence-electron chi connectivity index (χ0n) is 41.3. The summed E-state index contributed by atoms with van der Waals surface area (Å²) in [7, 11) is 3.17. The Morgan fingerprint density at radius 3 is 2.30 bits per heavy atom. The molecule has 4 aliphatic heterocycles. The molecule has 1 aliphatic carbocycles. The fourth-order valence-corrected chi connectivity index (χ4v) is 14.1. The lowest BCUT2D eigenvalue weighted by Gasteiger charge is -2.50. The van der Waals surface area contributed by atoms with Crippen molar-refractivity contribution in [2.45, 2.75) is 166 Å². The number of carbonyl (C=O) groups excluding carboxylic acids is 5. The molecule has 374 valence electrons. The molecule has 4 bridgehead atoms. The Bertz CT molecular complexity index is 1920. The molecule has 4 fully saturated rings. The van der Waals surface area contributed by atoms with Gasteiger partial charge in [-0.2, -0.15) is 0 Å². The highest BCUT2D eigenvalue weighted by Gasteiger charge is 2.57. The number of nitrogens with zero attached hydrogens (tertiary/aromatic N) is 1. The molecule has 0 aromatic heterocycles. The van der Waals surface area contributed by atoms with E-state index in [-0.39, 0.29) is 53.6 Å². The molecule has 67 heavy (non-hydrogen) atoms. The molecule has 16 heteroatoms. The van der Waals surface area contributed by atoms with E-state index in [4.69, 9.17) is 23.7 Å². The lowest BCUT2D eigenvalue weighted by atomic mass is 9.68. The fraction of sp³-hybridized carbons (Fsp3) is 0.745. The molecule has 3 saturated heterocycles. The summed E-state index contributed by atoms with van der Waals surface area (Å²) in [5.74, 6) is -8.36. The molecule has 2 N–H and O–H groups in total. The van der Waals surface area contributed by atoms with Crippen LogP contribution in [0.3, 0.4) is 0 Å². The zero-order chi connectivity index (χ0) is 49.3. The van der Waals surface area contributed by atoms with Gasteiger partial charge in [0.1, 0.15) is 48.2 Å². The number of fused-ring (bicyclic) bond motifs is 4. The second kappa shape index (κ2) is 24.8. The fourth-order valence-electron chi connectivity index (χ4n) is 11.2. The van der Waals surface area contributed by atoms with Gasteiger partial charge in [0.2, 0.25) is 5.79 Å². The monoisotopic (exact) mass is 974 g/mol. The molecule has 14 nitrogen and oxygen atoms in total. The molecule has 12 unspecified atom stereocenters. The molecule has 0 radical (unpaired) electrons. The standard InChI is InChI=1S/C51H77NO13PS/c1-29-15-12-11-13-16-30(2)40(61-7)27-36-20-18-34(6)51(59,65-36)48(56)49(57)52-22-14-17-37-38(25-35-19-21-43(67-66(10)60)42(26-35)62-8)41(64-50(58)44(37)52)28-39(53)31(3)24-33(5)46(55)47(63-9)45(54)32(4)23-29/h11-13,15-16,24,29,31-32,34-38,40-44,46-47,55,59H,14,17-23,25-28H2,1-10H3/q+1/b13-11-,15-12-,30-16-,33-24-/t29?,31?,32?,34?,35?,36-,37?,38-,40-,41-,42?,43?,44?,46?,47-,51?/m0/s1. The summed E-state index contributed by atoms with van der Waals surface area (Å²) in [6.07, 6.45) is 12.2. The second-order valence-corrected chi connectivity index (χ2v) is 23.9. The number of rotatable bonds is 7. The third kappa shape index (κ3) is 13.5. The maximum atomic E-state index is 14.5. The quantitative estimate of drug-likeness (QED) is 0.110. The Morgan fingerprint density at radius 1 is 0.896 bits per heavy atom. The van der Waals surface area contributed by atoms with Crippen molar-refractivity contribution in [3.05, 3.63) is 47.6 Å². The third-order valence-electron chi connectivity index (χ3n) is 15.2. The Kier molecular flexibility index (Phi) is 20.4. The first-order chi connectivity index (χ1) is 31.7. The van der Waals surface area contributed by atoms with Gasteiger partial charge in [-0.3, -0.25) is 19.2 Å². The summed E-state index contributed by atoms with van der Waals surface area (Å²) in [5, 5.41) is 23.6. The van der Waals surface area contributed by atoms with Gasteiger partial charge in [-0.25, -0.2) is 4.79 Å². The van der Waals surface area contributed by atoms with Gasteiger partial charge in [0, 0.05) is 64.4 Å². The van der Waals surface area contributed by atoms with Gasteiger partial charge < -0.3 is 38.8 Å². The average molecular weight is 975 g/mol. The number of aliphatic hydroxyl groups is 2. The van der Waals surface area contributed by atoms with Crippen molar-refractivity contribution in [2.75, 3.05) is 34.5 Å². The van der Waals surface area contributed by atoms with E-state index in [9.17, 15) is 38.8 Å². The van der Waals surface area contributed by atoms with Crippen molar-refractivity contribution in [2.24, 2.45) is 41.4 Å². The SMILES string of the molecule is COC1CC(C[C@H]2C3CCCN4C(=O)C(=O)C5(O)O[C@@H](CCC5C)C[C@H](OC)\C(C)=C/C=C\C=C/C(C)CC(C)C(=O)[C@H](OC)C(O)/C(C)=C\C(C)C(=O)C[C@@H]2OC(=O)C34)CCC1S[P+](C)=O. The molecule has 1 amide bonds. The summed E-state index contributed by atoms with van der Waals surface area (Å²) in [6, 6.07) is -1.12. The first-order valence-corrected chi connectivity index (χ1v) is 27.5. The number of ketones is 3. The zero-order valence-corrected chi connectivity index (χ0v) is 43.0. The summed E-state index contributed by atoms with van der Waals surface area (Å²) in [5.41, 5.74) is 1.28. The van der Waals surface area contributed by atoms with Crippen LogP contribution < -0.4 is 0 Å². The minimum absolute atomic E-state index is 0.0210. The predicted molar refractivity (Wildman–Crippen MR) is 257 cm³/mol. The number of carbonyl (C=O) groups is 5. The van der Waals surface area contributed by atoms with Crippen molar-refractivity contribution in [3.63, 3.8) is 0 Å². The van der Waals surface area contributed by atoms with E-state index in [1.807, 2.05) is 51.2 Å². The molecule has 17 atom stereocenters. The summed E-state index contributed by atoms with van der Waals surface area (Å²) in [6.45, 7) is 12.6. The number of esters is 1. The summed E-state index contributed by atoms with van der Waals surface area (Å²) < 4.78 is 42.1. The van der Waals surface area contributed by atoms with Gasteiger partial charge in [-0.05, 0) is 101 Å². The summed E-state index contributed by atoms with van der Waals surface area (Å²) in [4.78, 5) is 72.5. The molecule has 5 rings (SSSR count). The normalized spacial score (nSPS) is 42.0. The number of aliphatic hydroxyl groups excluding tert-OH is 1. The Labute approximate surface area is 402 Å². The molecule has 1 saturated carbocycles. The van der Waals surface area contributed by atoms with Crippen molar-refractivity contribution in [1.29, 1.82) is 0 Å². The second-order valence-electron chi connectivity index (χ2n) is 20.0. The third-order valence-corrected chi connectivity index (χ3v) is 18.0. The van der Waals surface area contributed by atoms with Crippen molar-refractivity contribution in [3.8, 4) is 0 Å². The smallest absolute Gasteiger partial charge is 0.407 e. The minimum atomic E-state index is -2.44. The number of ether oxygens (including phenoxy) is 5. The van der Waals surface area contributed by atoms with E-state index in [2.05, 4.69) is 0 Å². The van der Waals surface area contributed by atoms with Crippen molar-refractivity contribution >= 4 is 47.6 Å². The van der Waals surface area contributed by atoms with Crippen LogP contribution in [0.25, 0.3) is 0 Å². The van der Waals surface area contributed by atoms with Crippen LogP contribution in [-0.2, 0) is 52.2 Å². The maximum Gasteiger partial charge on any atom is 0.407 e. The van der Waals surface area contributed by atoms with Crippen LogP contribution in [0.4, 0.5) is 0 Å². The first kappa shape index (κ1) is 55.1. The maximum absolute atomic E-state index is 14.5. The highest BCUT2D eigenvalue weighted by molar-refractivity contribution is 8.51. The largest absolute Gasteiger partial charge is 0.460 e. The number of allylic oxidation sites excluding steroid dienone is 6. The molecular formula is C51H77NO13PS+. The van der Waals surface area contributed by atoms with Gasteiger partial charge in [-0.15, -0.1) is 0 Å². The van der Waals surface area contributed by atoms with Crippen LogP contribution in [0.2, 0.25) is 0 Å².